The van der Waals surface area contributed by atoms with Crippen LogP contribution in [0.1, 0.15) is 23.3 Å². The van der Waals surface area contributed by atoms with Crippen molar-refractivity contribution in [3.05, 3.63) is 47.6 Å². The standard InChI is InChI=1S/C14H18N4O/c1-11-16-14(17-19-11)13(12-5-3-2-4-6-12)18-9-7-15-8-10-18/h2-6,13,15H,7-10H2,1H3. The molecule has 0 bridgehead atoms. The molecule has 1 aliphatic rings. The number of aryl methyl sites for hydroxylation is 1. The van der Waals surface area contributed by atoms with Crippen LogP contribution in [0.4, 0.5) is 0 Å². The lowest BCUT2D eigenvalue weighted by Crippen LogP contribution is -2.45. The summed E-state index contributed by atoms with van der Waals surface area (Å²) < 4.78 is 5.15. The van der Waals surface area contributed by atoms with Gasteiger partial charge in [-0.1, -0.05) is 35.5 Å². The molecule has 2 heterocycles. The van der Waals surface area contributed by atoms with E-state index in [-0.39, 0.29) is 6.04 Å². The molecule has 19 heavy (non-hydrogen) atoms. The average molecular weight is 258 g/mol. The Morgan fingerprint density at radius 1 is 1.21 bits per heavy atom. The van der Waals surface area contributed by atoms with Crippen LogP contribution < -0.4 is 5.32 Å². The third-order valence-electron chi connectivity index (χ3n) is 3.42. The van der Waals surface area contributed by atoms with Gasteiger partial charge in [0.2, 0.25) is 5.89 Å². The molecule has 0 radical (unpaired) electrons. The van der Waals surface area contributed by atoms with Gasteiger partial charge in [-0.05, 0) is 5.56 Å². The van der Waals surface area contributed by atoms with Gasteiger partial charge in [0.25, 0.3) is 0 Å². The van der Waals surface area contributed by atoms with Crippen molar-refractivity contribution in [3.63, 3.8) is 0 Å². The summed E-state index contributed by atoms with van der Waals surface area (Å²) in [4.78, 5) is 6.82. The molecule has 1 N–H and O–H groups in total. The van der Waals surface area contributed by atoms with Gasteiger partial charge in [-0.15, -0.1) is 0 Å². The first-order valence-electron chi connectivity index (χ1n) is 6.64. The molecular weight excluding hydrogens is 240 g/mol. The molecular formula is C14H18N4O. The fraction of sp³-hybridized carbons (Fsp3) is 0.429. The predicted octanol–water partition coefficient (Wildman–Crippen LogP) is 1.37. The van der Waals surface area contributed by atoms with Crippen LogP contribution in [0.5, 0.6) is 0 Å². The Labute approximate surface area is 112 Å². The molecule has 100 valence electrons. The van der Waals surface area contributed by atoms with Gasteiger partial charge in [0, 0.05) is 33.1 Å². The highest BCUT2D eigenvalue weighted by molar-refractivity contribution is 5.24. The molecule has 1 aromatic carbocycles. The molecule has 0 spiro atoms. The number of hydrogen-bond donors (Lipinski definition) is 1. The monoisotopic (exact) mass is 258 g/mol. The van der Waals surface area contributed by atoms with E-state index in [9.17, 15) is 0 Å². The van der Waals surface area contributed by atoms with Crippen LogP contribution in [0, 0.1) is 6.92 Å². The van der Waals surface area contributed by atoms with E-state index >= 15 is 0 Å². The van der Waals surface area contributed by atoms with E-state index < -0.39 is 0 Å². The molecule has 1 unspecified atom stereocenters. The second-order valence-corrected chi connectivity index (χ2v) is 4.77. The highest BCUT2D eigenvalue weighted by Crippen LogP contribution is 2.26. The quantitative estimate of drug-likeness (QED) is 0.901. The van der Waals surface area contributed by atoms with Gasteiger partial charge in [-0.3, -0.25) is 4.90 Å². The molecule has 5 heteroatoms. The van der Waals surface area contributed by atoms with E-state index in [1.807, 2.05) is 13.0 Å². The molecule has 1 saturated heterocycles. The van der Waals surface area contributed by atoms with E-state index in [2.05, 4.69) is 44.6 Å². The Bertz CT molecular complexity index is 519. The van der Waals surface area contributed by atoms with Crippen molar-refractivity contribution in [3.8, 4) is 0 Å². The van der Waals surface area contributed by atoms with Gasteiger partial charge < -0.3 is 9.84 Å². The first-order valence-corrected chi connectivity index (χ1v) is 6.64. The number of piperazine rings is 1. The minimum atomic E-state index is 0.0840. The number of aromatic nitrogens is 2. The van der Waals surface area contributed by atoms with Gasteiger partial charge in [0.1, 0.15) is 0 Å². The largest absolute Gasteiger partial charge is 0.340 e. The van der Waals surface area contributed by atoms with E-state index in [0.29, 0.717) is 5.89 Å². The SMILES string of the molecule is Cc1nc(C(c2ccccc2)N2CCNCC2)no1. The zero-order chi connectivity index (χ0) is 13.1. The number of nitrogens with one attached hydrogen (secondary N) is 1. The molecule has 0 aliphatic carbocycles. The Hall–Kier alpha value is -1.72. The lowest BCUT2D eigenvalue weighted by Gasteiger charge is -2.33. The van der Waals surface area contributed by atoms with E-state index in [1.165, 1.54) is 5.56 Å². The molecule has 3 rings (SSSR count). The Morgan fingerprint density at radius 2 is 1.95 bits per heavy atom. The second kappa shape index (κ2) is 5.50. The van der Waals surface area contributed by atoms with Crippen molar-refractivity contribution in [2.45, 2.75) is 13.0 Å². The van der Waals surface area contributed by atoms with Crippen molar-refractivity contribution < 1.29 is 4.52 Å². The van der Waals surface area contributed by atoms with Gasteiger partial charge in [-0.25, -0.2) is 0 Å². The summed E-state index contributed by atoms with van der Waals surface area (Å²) in [6, 6.07) is 10.5. The van der Waals surface area contributed by atoms with Crippen molar-refractivity contribution in [1.29, 1.82) is 0 Å². The van der Waals surface area contributed by atoms with Gasteiger partial charge in [0.05, 0.1) is 6.04 Å². The van der Waals surface area contributed by atoms with E-state index in [0.717, 1.165) is 32.0 Å². The van der Waals surface area contributed by atoms with Crippen LogP contribution in [-0.2, 0) is 0 Å². The maximum Gasteiger partial charge on any atom is 0.223 e. The number of benzene rings is 1. The highest BCUT2D eigenvalue weighted by Gasteiger charge is 2.27. The molecule has 0 saturated carbocycles. The van der Waals surface area contributed by atoms with Crippen LogP contribution >= 0.6 is 0 Å². The fourth-order valence-electron chi connectivity index (χ4n) is 2.52. The number of rotatable bonds is 3. The first-order chi connectivity index (χ1) is 9.34. The second-order valence-electron chi connectivity index (χ2n) is 4.77. The Balaban J connectivity index is 1.95. The van der Waals surface area contributed by atoms with Crippen molar-refractivity contribution in [2.75, 3.05) is 26.2 Å². The molecule has 1 fully saturated rings. The van der Waals surface area contributed by atoms with Gasteiger partial charge >= 0.3 is 0 Å². The molecule has 2 aromatic rings. The average Bonchev–Trinajstić information content (AvgIpc) is 2.88. The topological polar surface area (TPSA) is 54.2 Å². The third-order valence-corrected chi connectivity index (χ3v) is 3.42. The normalized spacial score (nSPS) is 18.4. The summed E-state index contributed by atoms with van der Waals surface area (Å²) in [5.74, 6) is 1.37. The Kier molecular flexibility index (Phi) is 3.57. The van der Waals surface area contributed by atoms with Crippen LogP contribution in [0.2, 0.25) is 0 Å². The van der Waals surface area contributed by atoms with E-state index in [1.54, 1.807) is 0 Å². The minimum Gasteiger partial charge on any atom is -0.340 e. The van der Waals surface area contributed by atoms with Gasteiger partial charge in [-0.2, -0.15) is 4.98 Å². The fourth-order valence-corrected chi connectivity index (χ4v) is 2.52. The minimum absolute atomic E-state index is 0.0840. The molecule has 0 amide bonds. The van der Waals surface area contributed by atoms with Crippen molar-refractivity contribution in [2.24, 2.45) is 0 Å². The first kappa shape index (κ1) is 12.3. The molecule has 1 atom stereocenters. The van der Waals surface area contributed by atoms with Gasteiger partial charge in [0.15, 0.2) is 5.82 Å². The lowest BCUT2D eigenvalue weighted by molar-refractivity contribution is 0.189. The van der Waals surface area contributed by atoms with Crippen LogP contribution in [0.15, 0.2) is 34.9 Å². The van der Waals surface area contributed by atoms with Crippen LogP contribution in [-0.4, -0.2) is 41.2 Å². The summed E-state index contributed by atoms with van der Waals surface area (Å²) in [7, 11) is 0. The van der Waals surface area contributed by atoms with Crippen molar-refractivity contribution >= 4 is 0 Å². The van der Waals surface area contributed by atoms with Crippen molar-refractivity contribution in [1.82, 2.24) is 20.4 Å². The molecule has 5 nitrogen and oxygen atoms in total. The molecule has 1 aliphatic heterocycles. The number of nitrogens with zero attached hydrogens (tertiary/aromatic N) is 3. The zero-order valence-electron chi connectivity index (χ0n) is 11.0. The van der Waals surface area contributed by atoms with Crippen LogP contribution in [0.25, 0.3) is 0 Å². The lowest BCUT2D eigenvalue weighted by atomic mass is 10.0. The summed E-state index contributed by atoms with van der Waals surface area (Å²) in [5.41, 5.74) is 1.21. The summed E-state index contributed by atoms with van der Waals surface area (Å²) in [5, 5.41) is 7.49. The Morgan fingerprint density at radius 3 is 2.58 bits per heavy atom. The number of hydrogen-bond acceptors (Lipinski definition) is 5. The molecule has 1 aromatic heterocycles. The predicted molar refractivity (Wildman–Crippen MR) is 71.8 cm³/mol. The summed E-state index contributed by atoms with van der Waals surface area (Å²) in [6.07, 6.45) is 0. The van der Waals surface area contributed by atoms with E-state index in [4.69, 9.17) is 4.52 Å². The highest BCUT2D eigenvalue weighted by atomic mass is 16.5. The van der Waals surface area contributed by atoms with Crippen LogP contribution in [0.3, 0.4) is 0 Å². The summed E-state index contributed by atoms with van der Waals surface area (Å²) >= 11 is 0. The smallest absolute Gasteiger partial charge is 0.223 e. The maximum atomic E-state index is 5.15. The third kappa shape index (κ3) is 2.67. The maximum absolute atomic E-state index is 5.15. The zero-order valence-corrected chi connectivity index (χ0v) is 11.0. The summed E-state index contributed by atoms with van der Waals surface area (Å²) in [6.45, 7) is 5.82.